The largest absolute Gasteiger partial charge is 0.459 e. The molecule has 7 heteroatoms. The lowest BCUT2D eigenvalue weighted by molar-refractivity contribution is -0.135. The lowest BCUT2D eigenvalue weighted by atomic mass is 9.95. The Labute approximate surface area is 163 Å². The van der Waals surface area contributed by atoms with E-state index in [9.17, 15) is 14.4 Å². The Morgan fingerprint density at radius 1 is 0.857 bits per heavy atom. The quantitative estimate of drug-likeness (QED) is 0.832. The molecule has 3 amide bonds. The highest BCUT2D eigenvalue weighted by Gasteiger charge is 2.35. The van der Waals surface area contributed by atoms with E-state index in [1.165, 1.54) is 6.26 Å². The summed E-state index contributed by atoms with van der Waals surface area (Å²) in [5.41, 5.74) is 1.30. The summed E-state index contributed by atoms with van der Waals surface area (Å²) >= 11 is 0. The second-order valence-electron chi connectivity index (χ2n) is 7.37. The van der Waals surface area contributed by atoms with Crippen LogP contribution in [0.4, 0.5) is 11.4 Å². The topological polar surface area (TPSA) is 91.7 Å². The smallest absolute Gasteiger partial charge is 0.291 e. The molecule has 2 aromatic rings. The number of anilines is 2. The van der Waals surface area contributed by atoms with Gasteiger partial charge in [-0.05, 0) is 62.1 Å². The maximum absolute atomic E-state index is 12.5. The first-order valence-electron chi connectivity index (χ1n) is 9.65. The molecule has 2 heterocycles. The van der Waals surface area contributed by atoms with Gasteiger partial charge in [-0.2, -0.15) is 0 Å². The standard InChI is InChI=1S/C21H23N3O4/c25-19(14-9-11-24(12-10-14)21(27)15-3-4-15)22-16-5-7-17(8-6-16)23-20(26)18-2-1-13-28-18/h1-2,5-8,13-15H,3-4,9-12H2,(H,22,25)(H,23,26). The molecular formula is C21H23N3O4. The van der Waals surface area contributed by atoms with Gasteiger partial charge >= 0.3 is 0 Å². The molecule has 1 aromatic carbocycles. The minimum Gasteiger partial charge on any atom is -0.459 e. The summed E-state index contributed by atoms with van der Waals surface area (Å²) in [6, 6.07) is 10.2. The van der Waals surface area contributed by atoms with Crippen LogP contribution in [0.25, 0.3) is 0 Å². The van der Waals surface area contributed by atoms with E-state index in [1.807, 2.05) is 4.90 Å². The van der Waals surface area contributed by atoms with Crippen LogP contribution in [0.15, 0.2) is 47.1 Å². The number of benzene rings is 1. The first-order chi connectivity index (χ1) is 13.6. The van der Waals surface area contributed by atoms with Crippen LogP contribution in [0.5, 0.6) is 0 Å². The van der Waals surface area contributed by atoms with Crippen molar-refractivity contribution in [2.24, 2.45) is 11.8 Å². The third kappa shape index (κ3) is 4.24. The van der Waals surface area contributed by atoms with Crippen molar-refractivity contribution in [2.75, 3.05) is 23.7 Å². The fourth-order valence-corrected chi connectivity index (χ4v) is 3.43. The lowest BCUT2D eigenvalue weighted by Crippen LogP contribution is -2.42. The fraction of sp³-hybridized carbons (Fsp3) is 0.381. The third-order valence-corrected chi connectivity index (χ3v) is 5.26. The number of nitrogens with zero attached hydrogens (tertiary/aromatic N) is 1. The summed E-state index contributed by atoms with van der Waals surface area (Å²) in [6.07, 6.45) is 4.86. The molecule has 1 aromatic heterocycles. The van der Waals surface area contributed by atoms with Gasteiger partial charge in [0.05, 0.1) is 6.26 Å². The van der Waals surface area contributed by atoms with Crippen molar-refractivity contribution in [3.8, 4) is 0 Å². The van der Waals surface area contributed by atoms with Crippen LogP contribution < -0.4 is 10.6 Å². The number of amides is 3. The zero-order valence-corrected chi connectivity index (χ0v) is 15.5. The van der Waals surface area contributed by atoms with E-state index in [0.717, 1.165) is 12.8 Å². The monoisotopic (exact) mass is 381 g/mol. The van der Waals surface area contributed by atoms with E-state index < -0.39 is 0 Å². The number of carbonyl (C=O) groups is 3. The van der Waals surface area contributed by atoms with Crippen molar-refractivity contribution in [3.05, 3.63) is 48.4 Å². The Hall–Kier alpha value is -3.09. The first kappa shape index (κ1) is 18.3. The van der Waals surface area contributed by atoms with Crippen molar-refractivity contribution in [2.45, 2.75) is 25.7 Å². The van der Waals surface area contributed by atoms with E-state index in [0.29, 0.717) is 37.3 Å². The van der Waals surface area contributed by atoms with Crippen LogP contribution in [0.3, 0.4) is 0 Å². The number of likely N-dealkylation sites (tertiary alicyclic amines) is 1. The molecule has 0 atom stereocenters. The highest BCUT2D eigenvalue weighted by Crippen LogP contribution is 2.32. The van der Waals surface area contributed by atoms with Crippen LogP contribution in [0.2, 0.25) is 0 Å². The maximum atomic E-state index is 12.5. The number of hydrogen-bond acceptors (Lipinski definition) is 4. The molecule has 7 nitrogen and oxygen atoms in total. The molecule has 1 saturated carbocycles. The number of rotatable bonds is 5. The van der Waals surface area contributed by atoms with Gasteiger partial charge in [-0.1, -0.05) is 0 Å². The number of piperidine rings is 1. The number of carbonyl (C=O) groups excluding carboxylic acids is 3. The Morgan fingerprint density at radius 2 is 1.50 bits per heavy atom. The van der Waals surface area contributed by atoms with Crippen LogP contribution in [-0.4, -0.2) is 35.7 Å². The summed E-state index contributed by atoms with van der Waals surface area (Å²) in [6.45, 7) is 1.32. The summed E-state index contributed by atoms with van der Waals surface area (Å²) < 4.78 is 5.06. The second kappa shape index (κ2) is 7.88. The van der Waals surface area contributed by atoms with E-state index in [1.54, 1.807) is 36.4 Å². The van der Waals surface area contributed by atoms with Gasteiger partial charge < -0.3 is 20.0 Å². The maximum Gasteiger partial charge on any atom is 0.291 e. The first-order valence-corrected chi connectivity index (χ1v) is 9.65. The molecule has 1 aliphatic carbocycles. The van der Waals surface area contributed by atoms with Gasteiger partial charge in [-0.25, -0.2) is 0 Å². The van der Waals surface area contributed by atoms with Gasteiger partial charge in [0.1, 0.15) is 0 Å². The molecule has 2 N–H and O–H groups in total. The molecule has 4 rings (SSSR count). The van der Waals surface area contributed by atoms with Gasteiger partial charge in [0, 0.05) is 36.3 Å². The highest BCUT2D eigenvalue weighted by molar-refractivity contribution is 6.02. The molecule has 1 aliphatic heterocycles. The zero-order valence-electron chi connectivity index (χ0n) is 15.5. The van der Waals surface area contributed by atoms with Crippen LogP contribution in [0, 0.1) is 11.8 Å². The van der Waals surface area contributed by atoms with Gasteiger partial charge in [0.25, 0.3) is 5.91 Å². The Morgan fingerprint density at radius 3 is 2.07 bits per heavy atom. The SMILES string of the molecule is O=C(Nc1ccc(NC(=O)C2CCN(C(=O)C3CC3)CC2)cc1)c1ccco1. The van der Waals surface area contributed by atoms with E-state index in [2.05, 4.69) is 10.6 Å². The lowest BCUT2D eigenvalue weighted by Gasteiger charge is -2.31. The molecule has 0 unspecified atom stereocenters. The Kier molecular flexibility index (Phi) is 5.14. The van der Waals surface area contributed by atoms with Crippen LogP contribution in [0.1, 0.15) is 36.2 Å². The zero-order chi connectivity index (χ0) is 19.5. The highest BCUT2D eigenvalue weighted by atomic mass is 16.3. The van der Waals surface area contributed by atoms with Crippen molar-refractivity contribution in [1.29, 1.82) is 0 Å². The van der Waals surface area contributed by atoms with Gasteiger partial charge in [-0.15, -0.1) is 0 Å². The minimum absolute atomic E-state index is 0.0223. The predicted molar refractivity (Wildman–Crippen MR) is 104 cm³/mol. The average molecular weight is 381 g/mol. The van der Waals surface area contributed by atoms with Crippen molar-refractivity contribution < 1.29 is 18.8 Å². The molecule has 1 saturated heterocycles. The molecule has 0 spiro atoms. The molecule has 28 heavy (non-hydrogen) atoms. The summed E-state index contributed by atoms with van der Waals surface area (Å²) in [7, 11) is 0. The number of furan rings is 1. The van der Waals surface area contributed by atoms with Gasteiger partial charge in [0.15, 0.2) is 5.76 Å². The minimum atomic E-state index is -0.325. The Balaban J connectivity index is 1.26. The normalized spacial score (nSPS) is 17.2. The predicted octanol–water partition coefficient (Wildman–Crippen LogP) is 3.12. The molecule has 0 radical (unpaired) electrons. The average Bonchev–Trinajstić information content (AvgIpc) is 3.42. The van der Waals surface area contributed by atoms with Crippen LogP contribution in [-0.2, 0) is 9.59 Å². The number of hydrogen-bond donors (Lipinski definition) is 2. The molecule has 0 bridgehead atoms. The van der Waals surface area contributed by atoms with E-state index >= 15 is 0 Å². The van der Waals surface area contributed by atoms with Crippen molar-refractivity contribution in [3.63, 3.8) is 0 Å². The van der Waals surface area contributed by atoms with E-state index in [-0.39, 0.29) is 35.3 Å². The second-order valence-corrected chi connectivity index (χ2v) is 7.37. The third-order valence-electron chi connectivity index (χ3n) is 5.26. The summed E-state index contributed by atoms with van der Waals surface area (Å²) in [5.74, 6) is 0.300. The van der Waals surface area contributed by atoms with Crippen molar-refractivity contribution >= 4 is 29.1 Å². The molecular weight excluding hydrogens is 358 g/mol. The molecule has 2 fully saturated rings. The number of nitrogens with one attached hydrogen (secondary N) is 2. The summed E-state index contributed by atoms with van der Waals surface area (Å²) in [5, 5.41) is 5.66. The molecule has 146 valence electrons. The Bertz CT molecular complexity index is 848. The van der Waals surface area contributed by atoms with Crippen LogP contribution >= 0.6 is 0 Å². The fourth-order valence-electron chi connectivity index (χ4n) is 3.43. The molecule has 2 aliphatic rings. The van der Waals surface area contributed by atoms with Crippen molar-refractivity contribution in [1.82, 2.24) is 4.90 Å². The summed E-state index contributed by atoms with van der Waals surface area (Å²) in [4.78, 5) is 38.5. The van der Waals surface area contributed by atoms with Gasteiger partial charge in [-0.3, -0.25) is 14.4 Å². The van der Waals surface area contributed by atoms with Gasteiger partial charge in [0.2, 0.25) is 11.8 Å². The van der Waals surface area contributed by atoms with E-state index in [4.69, 9.17) is 4.42 Å².